The predicted molar refractivity (Wildman–Crippen MR) is 90.2 cm³/mol. The Balaban J connectivity index is 1.98. The molecule has 5 heteroatoms. The van der Waals surface area contributed by atoms with Crippen molar-refractivity contribution in [1.29, 1.82) is 0 Å². The van der Waals surface area contributed by atoms with Gasteiger partial charge in [0.1, 0.15) is 0 Å². The molecule has 1 aromatic heterocycles. The van der Waals surface area contributed by atoms with Crippen LogP contribution in [0.2, 0.25) is 0 Å². The molecule has 1 fully saturated rings. The highest BCUT2D eigenvalue weighted by molar-refractivity contribution is 6.05. The Hall–Kier alpha value is -2.43. The number of carbonyl (C=O) groups is 2. The number of aromatic nitrogens is 1. The minimum atomic E-state index is -0.533. The Morgan fingerprint density at radius 1 is 1.39 bits per heavy atom. The van der Waals surface area contributed by atoms with Crippen molar-refractivity contribution in [3.05, 3.63) is 35.5 Å². The fraction of sp³-hybridized carbons (Fsp3) is 0.389. The lowest BCUT2D eigenvalue weighted by atomic mass is 9.88. The Bertz CT molecular complexity index is 811. The number of carbonyl (C=O) groups excluding carboxylic acids is 2. The van der Waals surface area contributed by atoms with Gasteiger partial charge in [-0.2, -0.15) is 0 Å². The van der Waals surface area contributed by atoms with E-state index in [1.54, 1.807) is 6.20 Å². The summed E-state index contributed by atoms with van der Waals surface area (Å²) in [6.07, 6.45) is 1.98. The summed E-state index contributed by atoms with van der Waals surface area (Å²) < 4.78 is 0. The van der Waals surface area contributed by atoms with Gasteiger partial charge in [0.2, 0.25) is 11.8 Å². The Morgan fingerprint density at radius 3 is 2.78 bits per heavy atom. The van der Waals surface area contributed by atoms with E-state index in [1.165, 1.54) is 0 Å². The van der Waals surface area contributed by atoms with Crippen LogP contribution in [0.1, 0.15) is 31.4 Å². The highest BCUT2D eigenvalue weighted by atomic mass is 16.2. The number of aryl methyl sites for hydroxylation is 2. The zero-order valence-electron chi connectivity index (χ0n) is 13.9. The van der Waals surface area contributed by atoms with Crippen LogP contribution in [0, 0.1) is 19.8 Å². The average Bonchev–Trinajstić information content (AvgIpc) is 2.77. The molecule has 2 N–H and O–H groups in total. The lowest BCUT2D eigenvalue weighted by molar-refractivity contribution is -0.123. The molecule has 5 nitrogen and oxygen atoms in total. The van der Waals surface area contributed by atoms with Gasteiger partial charge in [-0.15, -0.1) is 0 Å². The molecule has 0 saturated carbocycles. The van der Waals surface area contributed by atoms with Gasteiger partial charge in [-0.25, -0.2) is 0 Å². The number of hydrogen-bond donors (Lipinski definition) is 2. The van der Waals surface area contributed by atoms with Crippen LogP contribution in [0.3, 0.4) is 0 Å². The third kappa shape index (κ3) is 2.67. The van der Waals surface area contributed by atoms with E-state index in [0.717, 1.165) is 27.7 Å². The third-order valence-electron chi connectivity index (χ3n) is 4.70. The van der Waals surface area contributed by atoms with Gasteiger partial charge < -0.3 is 10.6 Å². The van der Waals surface area contributed by atoms with Crippen molar-refractivity contribution in [3.63, 3.8) is 0 Å². The van der Waals surface area contributed by atoms with Crippen molar-refractivity contribution in [3.8, 4) is 0 Å². The number of nitrogens with one attached hydrogen (secondary N) is 2. The van der Waals surface area contributed by atoms with Gasteiger partial charge >= 0.3 is 0 Å². The molecule has 0 aliphatic carbocycles. The molecule has 1 aliphatic heterocycles. The maximum absolute atomic E-state index is 12.7. The quantitative estimate of drug-likeness (QED) is 0.896. The molecule has 1 aromatic carbocycles. The van der Waals surface area contributed by atoms with Gasteiger partial charge in [0, 0.05) is 23.5 Å². The first-order valence-corrected chi connectivity index (χ1v) is 7.76. The zero-order valence-corrected chi connectivity index (χ0v) is 13.9. The SMILES string of the molecule is Cc1cc(NC(=O)C2CC(=O)NC2(C)C)c2cccnc2c1C. The van der Waals surface area contributed by atoms with Gasteiger partial charge in [0.05, 0.1) is 17.1 Å². The number of anilines is 1. The fourth-order valence-electron chi connectivity index (χ4n) is 3.19. The van der Waals surface area contributed by atoms with Crippen molar-refractivity contribution >= 4 is 28.4 Å². The number of pyridine rings is 1. The van der Waals surface area contributed by atoms with Crippen LogP contribution in [0.5, 0.6) is 0 Å². The van der Waals surface area contributed by atoms with Gasteiger partial charge in [-0.05, 0) is 57.0 Å². The third-order valence-corrected chi connectivity index (χ3v) is 4.70. The molecular formula is C18H21N3O2. The Morgan fingerprint density at radius 2 is 2.13 bits per heavy atom. The van der Waals surface area contributed by atoms with Crippen LogP contribution < -0.4 is 10.6 Å². The minimum Gasteiger partial charge on any atom is -0.350 e. The number of fused-ring (bicyclic) bond motifs is 1. The van der Waals surface area contributed by atoms with E-state index in [2.05, 4.69) is 15.6 Å². The van der Waals surface area contributed by atoms with Gasteiger partial charge in [-0.1, -0.05) is 0 Å². The van der Waals surface area contributed by atoms with Gasteiger partial charge in [-0.3, -0.25) is 14.6 Å². The molecular weight excluding hydrogens is 290 g/mol. The highest BCUT2D eigenvalue weighted by Crippen LogP contribution is 2.31. The van der Waals surface area contributed by atoms with Crippen molar-refractivity contribution < 1.29 is 9.59 Å². The topological polar surface area (TPSA) is 71.1 Å². The molecule has 0 spiro atoms. The summed E-state index contributed by atoms with van der Waals surface area (Å²) in [5.41, 5.74) is 3.29. The first kappa shape index (κ1) is 15.5. The average molecular weight is 311 g/mol. The number of amides is 2. The molecule has 1 aliphatic rings. The molecule has 120 valence electrons. The summed E-state index contributed by atoms with van der Waals surface area (Å²) in [5.74, 6) is -0.605. The number of nitrogens with zero attached hydrogens (tertiary/aromatic N) is 1. The van der Waals surface area contributed by atoms with E-state index in [0.29, 0.717) is 0 Å². The number of benzene rings is 1. The molecule has 23 heavy (non-hydrogen) atoms. The van der Waals surface area contributed by atoms with Crippen molar-refractivity contribution in [2.24, 2.45) is 5.92 Å². The van der Waals surface area contributed by atoms with E-state index in [-0.39, 0.29) is 24.2 Å². The van der Waals surface area contributed by atoms with E-state index >= 15 is 0 Å². The van der Waals surface area contributed by atoms with Crippen LogP contribution >= 0.6 is 0 Å². The van der Waals surface area contributed by atoms with Gasteiger partial charge in [0.25, 0.3) is 0 Å². The van der Waals surface area contributed by atoms with E-state index < -0.39 is 5.54 Å². The number of rotatable bonds is 2. The summed E-state index contributed by atoms with van der Waals surface area (Å²) in [4.78, 5) is 28.8. The highest BCUT2D eigenvalue weighted by Gasteiger charge is 2.43. The van der Waals surface area contributed by atoms with Gasteiger partial charge in [0.15, 0.2) is 0 Å². The van der Waals surface area contributed by atoms with Crippen molar-refractivity contribution in [2.45, 2.75) is 39.7 Å². The second kappa shape index (κ2) is 5.33. The van der Waals surface area contributed by atoms with Crippen LogP contribution in [-0.4, -0.2) is 22.3 Å². The second-order valence-electron chi connectivity index (χ2n) is 6.78. The fourth-order valence-corrected chi connectivity index (χ4v) is 3.19. The summed E-state index contributed by atoms with van der Waals surface area (Å²) in [6.45, 7) is 7.78. The summed E-state index contributed by atoms with van der Waals surface area (Å²) in [7, 11) is 0. The Labute approximate surface area is 135 Å². The molecule has 3 rings (SSSR count). The monoisotopic (exact) mass is 311 g/mol. The summed E-state index contributed by atoms with van der Waals surface area (Å²) >= 11 is 0. The molecule has 1 atom stereocenters. The smallest absolute Gasteiger partial charge is 0.230 e. The van der Waals surface area contributed by atoms with E-state index in [1.807, 2.05) is 45.9 Å². The maximum atomic E-state index is 12.7. The molecule has 2 aromatic rings. The first-order valence-electron chi connectivity index (χ1n) is 7.76. The van der Waals surface area contributed by atoms with Crippen LogP contribution in [-0.2, 0) is 9.59 Å². The normalized spacial score (nSPS) is 19.7. The predicted octanol–water partition coefficient (Wildman–Crippen LogP) is 2.70. The van der Waals surface area contributed by atoms with Crippen molar-refractivity contribution in [2.75, 3.05) is 5.32 Å². The standard InChI is InChI=1S/C18H21N3O2/c1-10-8-14(12-6-5-7-19-16(12)11(10)2)20-17(23)13-9-15(22)21-18(13,3)4/h5-8,13H,9H2,1-4H3,(H,20,23)(H,21,22). The second-order valence-corrected chi connectivity index (χ2v) is 6.78. The lowest BCUT2D eigenvalue weighted by Crippen LogP contribution is -2.44. The van der Waals surface area contributed by atoms with Crippen LogP contribution in [0.25, 0.3) is 10.9 Å². The van der Waals surface area contributed by atoms with E-state index in [9.17, 15) is 9.59 Å². The number of hydrogen-bond acceptors (Lipinski definition) is 3. The summed E-state index contributed by atoms with van der Waals surface area (Å²) in [6, 6.07) is 5.78. The van der Waals surface area contributed by atoms with Crippen molar-refractivity contribution in [1.82, 2.24) is 10.3 Å². The maximum Gasteiger partial charge on any atom is 0.230 e. The molecule has 1 saturated heterocycles. The van der Waals surface area contributed by atoms with Crippen LogP contribution in [0.15, 0.2) is 24.4 Å². The molecule has 2 amide bonds. The van der Waals surface area contributed by atoms with Crippen LogP contribution in [0.4, 0.5) is 5.69 Å². The molecule has 1 unspecified atom stereocenters. The molecule has 0 radical (unpaired) electrons. The minimum absolute atomic E-state index is 0.0817. The summed E-state index contributed by atoms with van der Waals surface area (Å²) in [5, 5.41) is 6.77. The molecule has 2 heterocycles. The first-order chi connectivity index (χ1) is 10.8. The lowest BCUT2D eigenvalue weighted by Gasteiger charge is -2.25. The molecule has 0 bridgehead atoms. The largest absolute Gasteiger partial charge is 0.350 e. The van der Waals surface area contributed by atoms with E-state index in [4.69, 9.17) is 0 Å². The zero-order chi connectivity index (χ0) is 16.8. The Kier molecular flexibility index (Phi) is 3.59.